The summed E-state index contributed by atoms with van der Waals surface area (Å²) in [5.74, 6) is -1.47. The molecule has 8 heteroatoms. The molecule has 3 aliphatic heterocycles. The van der Waals surface area contributed by atoms with Crippen LogP contribution in [0.1, 0.15) is 36.8 Å². The lowest BCUT2D eigenvalue weighted by Gasteiger charge is -2.47. The Kier molecular flexibility index (Phi) is 6.58. The van der Waals surface area contributed by atoms with Crippen molar-refractivity contribution < 1.29 is 13.6 Å². The van der Waals surface area contributed by atoms with E-state index in [0.717, 1.165) is 62.6 Å². The van der Waals surface area contributed by atoms with Crippen molar-refractivity contribution in [1.29, 1.82) is 0 Å². The number of hydrogen-bond acceptors (Lipinski definition) is 3. The van der Waals surface area contributed by atoms with E-state index in [0.29, 0.717) is 22.2 Å². The lowest BCUT2D eigenvalue weighted by molar-refractivity contribution is -0.134. The van der Waals surface area contributed by atoms with Gasteiger partial charge in [0.1, 0.15) is 11.6 Å². The number of anilines is 1. The Balaban J connectivity index is 1.29. The number of halogens is 4. The first kappa shape index (κ1) is 23.6. The van der Waals surface area contributed by atoms with E-state index in [-0.39, 0.29) is 17.5 Å². The molecule has 5 rings (SSSR count). The van der Waals surface area contributed by atoms with Crippen LogP contribution in [0, 0.1) is 18.1 Å². The Labute approximate surface area is 208 Å². The predicted octanol–water partition coefficient (Wildman–Crippen LogP) is 5.90. The summed E-state index contributed by atoms with van der Waals surface area (Å²) in [5, 5.41) is 4.83. The standard InChI is InChI=1S/C26H26Cl2F2N3O/c27-18-13-21(28)25-22(14-18)31-16-26(25)6-9-32(10-7-26)23-3-1-2-8-33(23)24(34)5-4-17-11-19(29)15-20(30)12-17/h1,4-5,11-15,23,31H,2-3,6-10,16H2/b5-4+. The van der Waals surface area contributed by atoms with Crippen LogP contribution in [0.5, 0.6) is 0 Å². The molecule has 1 spiro atoms. The van der Waals surface area contributed by atoms with Crippen LogP contribution in [0.4, 0.5) is 14.5 Å². The molecule has 0 aliphatic carbocycles. The van der Waals surface area contributed by atoms with Gasteiger partial charge in [-0.25, -0.2) is 8.78 Å². The van der Waals surface area contributed by atoms with Crippen LogP contribution in [0.15, 0.2) is 36.4 Å². The smallest absolute Gasteiger partial charge is 0.247 e. The highest BCUT2D eigenvalue weighted by Gasteiger charge is 2.45. The summed E-state index contributed by atoms with van der Waals surface area (Å²) in [6.07, 6.45) is 8.60. The van der Waals surface area contributed by atoms with Crippen molar-refractivity contribution in [3.63, 3.8) is 0 Å². The maximum absolute atomic E-state index is 13.5. The second-order valence-electron chi connectivity index (χ2n) is 9.34. The molecule has 179 valence electrons. The molecule has 1 radical (unpaired) electrons. The van der Waals surface area contributed by atoms with Gasteiger partial charge in [0.15, 0.2) is 0 Å². The summed E-state index contributed by atoms with van der Waals surface area (Å²) < 4.78 is 27.0. The Morgan fingerprint density at radius 3 is 2.53 bits per heavy atom. The lowest BCUT2D eigenvalue weighted by atomic mass is 9.74. The SMILES string of the molecule is O=C(/C=C/c1cc(F)cc(F)c1)N1CC[CH]CC1N1CCC2(CC1)CNc1cc(Cl)cc(Cl)c12. The molecule has 0 aromatic heterocycles. The van der Waals surface area contributed by atoms with Crippen LogP contribution in [-0.2, 0) is 10.2 Å². The van der Waals surface area contributed by atoms with Gasteiger partial charge in [-0.3, -0.25) is 9.69 Å². The van der Waals surface area contributed by atoms with Gasteiger partial charge in [-0.15, -0.1) is 0 Å². The predicted molar refractivity (Wildman–Crippen MR) is 132 cm³/mol. The summed E-state index contributed by atoms with van der Waals surface area (Å²) in [4.78, 5) is 17.3. The normalized spacial score (nSPS) is 22.2. The first-order valence-electron chi connectivity index (χ1n) is 11.6. The Morgan fingerprint density at radius 1 is 1.06 bits per heavy atom. The molecular formula is C26H26Cl2F2N3O. The molecule has 3 aliphatic rings. The van der Waals surface area contributed by atoms with Crippen LogP contribution in [-0.4, -0.2) is 48.1 Å². The molecule has 3 heterocycles. The molecule has 1 atom stereocenters. The van der Waals surface area contributed by atoms with Gasteiger partial charge in [-0.05, 0) is 68.0 Å². The van der Waals surface area contributed by atoms with Crippen LogP contribution < -0.4 is 5.32 Å². The van der Waals surface area contributed by atoms with Gasteiger partial charge in [0.2, 0.25) is 5.91 Å². The molecule has 1 unspecified atom stereocenters. The van der Waals surface area contributed by atoms with E-state index in [4.69, 9.17) is 23.2 Å². The fourth-order valence-electron chi connectivity index (χ4n) is 5.59. The third-order valence-corrected chi connectivity index (χ3v) is 7.79. The van der Waals surface area contributed by atoms with Crippen molar-refractivity contribution >= 4 is 40.9 Å². The molecule has 2 fully saturated rings. The summed E-state index contributed by atoms with van der Waals surface area (Å²) in [6.45, 7) is 3.16. The third kappa shape index (κ3) is 4.56. The van der Waals surface area contributed by atoms with Crippen molar-refractivity contribution in [3.05, 3.63) is 75.6 Å². The monoisotopic (exact) mass is 504 g/mol. The van der Waals surface area contributed by atoms with Gasteiger partial charge in [-0.1, -0.05) is 23.2 Å². The third-order valence-electron chi connectivity index (χ3n) is 7.28. The first-order valence-corrected chi connectivity index (χ1v) is 12.3. The number of nitrogens with one attached hydrogen (secondary N) is 1. The number of fused-ring (bicyclic) bond motifs is 2. The molecular weight excluding hydrogens is 479 g/mol. The molecule has 34 heavy (non-hydrogen) atoms. The van der Waals surface area contributed by atoms with Crippen molar-refractivity contribution in [2.24, 2.45) is 0 Å². The van der Waals surface area contributed by atoms with E-state index in [2.05, 4.69) is 16.6 Å². The Bertz CT molecular complexity index is 1110. The summed E-state index contributed by atoms with van der Waals surface area (Å²) in [5.41, 5.74) is 2.48. The molecule has 2 aromatic rings. The average Bonchev–Trinajstić information content (AvgIpc) is 3.15. The molecule has 0 bridgehead atoms. The fraction of sp³-hybridized carbons (Fsp3) is 0.385. The zero-order chi connectivity index (χ0) is 23.9. The van der Waals surface area contributed by atoms with Crippen LogP contribution in [0.25, 0.3) is 6.08 Å². The minimum Gasteiger partial charge on any atom is -0.384 e. The number of benzene rings is 2. The van der Waals surface area contributed by atoms with E-state index >= 15 is 0 Å². The van der Waals surface area contributed by atoms with Crippen LogP contribution >= 0.6 is 23.2 Å². The number of amides is 1. The highest BCUT2D eigenvalue weighted by atomic mass is 35.5. The second kappa shape index (κ2) is 9.48. The summed E-state index contributed by atoms with van der Waals surface area (Å²) >= 11 is 12.8. The van der Waals surface area contributed by atoms with Gasteiger partial charge in [0, 0.05) is 65.0 Å². The summed E-state index contributed by atoms with van der Waals surface area (Å²) in [7, 11) is 0. The largest absolute Gasteiger partial charge is 0.384 e. The number of likely N-dealkylation sites (tertiary alicyclic amines) is 2. The van der Waals surface area contributed by atoms with E-state index in [1.165, 1.54) is 24.3 Å². The maximum Gasteiger partial charge on any atom is 0.247 e. The Morgan fingerprint density at radius 2 is 1.79 bits per heavy atom. The van der Waals surface area contributed by atoms with Crippen LogP contribution in [0.3, 0.4) is 0 Å². The molecule has 2 saturated heterocycles. The van der Waals surface area contributed by atoms with Gasteiger partial charge in [0.05, 0.1) is 6.17 Å². The van der Waals surface area contributed by atoms with Gasteiger partial charge in [0.25, 0.3) is 0 Å². The van der Waals surface area contributed by atoms with Gasteiger partial charge in [-0.2, -0.15) is 0 Å². The number of nitrogens with zero attached hydrogens (tertiary/aromatic N) is 2. The molecule has 4 nitrogen and oxygen atoms in total. The molecule has 1 amide bonds. The fourth-order valence-corrected chi connectivity index (χ4v) is 6.29. The second-order valence-corrected chi connectivity index (χ2v) is 10.2. The lowest BCUT2D eigenvalue weighted by Crippen LogP contribution is -2.57. The highest BCUT2D eigenvalue weighted by molar-refractivity contribution is 6.35. The van der Waals surface area contributed by atoms with Crippen molar-refractivity contribution in [2.45, 2.75) is 37.3 Å². The van der Waals surface area contributed by atoms with E-state index in [1.807, 2.05) is 17.0 Å². The topological polar surface area (TPSA) is 35.6 Å². The zero-order valence-corrected chi connectivity index (χ0v) is 20.2. The van der Waals surface area contributed by atoms with E-state index in [1.54, 1.807) is 0 Å². The number of rotatable bonds is 3. The minimum absolute atomic E-state index is 0.0257. The van der Waals surface area contributed by atoms with E-state index in [9.17, 15) is 13.6 Å². The number of piperidine rings is 2. The quantitative estimate of drug-likeness (QED) is 0.528. The van der Waals surface area contributed by atoms with Crippen molar-refractivity contribution in [3.8, 4) is 0 Å². The van der Waals surface area contributed by atoms with Crippen LogP contribution in [0.2, 0.25) is 10.0 Å². The highest BCUT2D eigenvalue weighted by Crippen LogP contribution is 2.48. The first-order chi connectivity index (χ1) is 16.3. The van der Waals surface area contributed by atoms with Crippen molar-refractivity contribution in [2.75, 3.05) is 31.5 Å². The number of hydrogen-bond donors (Lipinski definition) is 1. The zero-order valence-electron chi connectivity index (χ0n) is 18.7. The number of carbonyl (C=O) groups is 1. The molecule has 2 aromatic carbocycles. The number of carbonyl (C=O) groups excluding carboxylic acids is 1. The van der Waals surface area contributed by atoms with Gasteiger partial charge < -0.3 is 10.2 Å². The average molecular weight is 505 g/mol. The maximum atomic E-state index is 13.5. The molecule has 1 N–H and O–H groups in total. The van der Waals surface area contributed by atoms with Gasteiger partial charge >= 0.3 is 0 Å². The summed E-state index contributed by atoms with van der Waals surface area (Å²) in [6, 6.07) is 7.00. The van der Waals surface area contributed by atoms with Crippen molar-refractivity contribution in [1.82, 2.24) is 9.80 Å². The molecule has 0 saturated carbocycles. The van der Waals surface area contributed by atoms with E-state index < -0.39 is 11.6 Å². The minimum atomic E-state index is -0.662. The Hall–Kier alpha value is -2.15.